The first-order valence-corrected chi connectivity index (χ1v) is 8.46. The zero-order valence-electron chi connectivity index (χ0n) is 14.6. The van der Waals surface area contributed by atoms with Gasteiger partial charge in [0, 0.05) is 12.0 Å². The topological polar surface area (TPSA) is 55.8 Å². The van der Waals surface area contributed by atoms with Gasteiger partial charge in [0.1, 0.15) is 18.5 Å². The molecule has 0 aromatic heterocycles. The van der Waals surface area contributed by atoms with E-state index < -0.39 is 29.3 Å². The fourth-order valence-corrected chi connectivity index (χ4v) is 3.08. The van der Waals surface area contributed by atoms with Gasteiger partial charge in [-0.25, -0.2) is 8.78 Å². The maximum absolute atomic E-state index is 14.3. The molecule has 2 aromatic rings. The summed E-state index contributed by atoms with van der Waals surface area (Å²) < 4.78 is 39.6. The predicted octanol–water partition coefficient (Wildman–Crippen LogP) is 4.13. The molecule has 0 amide bonds. The summed E-state index contributed by atoms with van der Waals surface area (Å²) in [5.74, 6) is -3.20. The van der Waals surface area contributed by atoms with E-state index in [1.54, 1.807) is 6.07 Å². The molecule has 26 heavy (non-hydrogen) atoms. The monoisotopic (exact) mass is 362 g/mol. The van der Waals surface area contributed by atoms with Crippen molar-refractivity contribution >= 4 is 5.97 Å². The van der Waals surface area contributed by atoms with E-state index in [0.29, 0.717) is 5.75 Å². The highest BCUT2D eigenvalue weighted by Gasteiger charge is 2.23. The first-order chi connectivity index (χ1) is 12.3. The summed E-state index contributed by atoms with van der Waals surface area (Å²) in [6, 6.07) is 7.86. The second kappa shape index (κ2) is 7.32. The lowest BCUT2D eigenvalue weighted by Crippen LogP contribution is -2.13. The number of ether oxygens (including phenoxy) is 2. The molecule has 1 heterocycles. The predicted molar refractivity (Wildman–Crippen MR) is 91.4 cm³/mol. The summed E-state index contributed by atoms with van der Waals surface area (Å²) in [5.41, 5.74) is 2.06. The van der Waals surface area contributed by atoms with Crippen LogP contribution in [-0.4, -0.2) is 17.2 Å². The first kappa shape index (κ1) is 18.2. The smallest absolute Gasteiger partial charge is 0.306 e. The molecule has 2 aromatic carbocycles. The van der Waals surface area contributed by atoms with Crippen LogP contribution in [0.15, 0.2) is 30.3 Å². The molecule has 0 bridgehead atoms. The Bertz CT molecular complexity index is 812. The van der Waals surface area contributed by atoms with Crippen LogP contribution < -0.4 is 9.47 Å². The Hall–Kier alpha value is -2.63. The number of aliphatic carboxylic acids is 1. The lowest BCUT2D eigenvalue weighted by molar-refractivity contribution is -0.141. The Morgan fingerprint density at radius 1 is 1.35 bits per heavy atom. The normalized spacial score (nSPS) is 16.7. The van der Waals surface area contributed by atoms with Crippen molar-refractivity contribution in [3.8, 4) is 11.5 Å². The van der Waals surface area contributed by atoms with Crippen LogP contribution in [0.5, 0.6) is 11.5 Å². The fraction of sp³-hybridized carbons (Fsp3) is 0.350. The summed E-state index contributed by atoms with van der Waals surface area (Å²) in [6.45, 7) is 3.43. The van der Waals surface area contributed by atoms with E-state index in [0.717, 1.165) is 29.7 Å². The average molecular weight is 362 g/mol. The molecule has 2 unspecified atom stereocenters. The Kier molecular flexibility index (Phi) is 5.11. The van der Waals surface area contributed by atoms with Gasteiger partial charge >= 0.3 is 5.97 Å². The number of carbonyl (C=O) groups is 1. The zero-order chi connectivity index (χ0) is 18.8. The molecule has 1 aliphatic rings. The van der Waals surface area contributed by atoms with Crippen molar-refractivity contribution in [2.24, 2.45) is 5.92 Å². The number of hydrogen-bond donors (Lipinski definition) is 1. The number of carboxylic acid groups (broad SMARTS) is 1. The van der Waals surface area contributed by atoms with Crippen molar-refractivity contribution in [3.63, 3.8) is 0 Å². The molecule has 0 radical (unpaired) electrons. The maximum Gasteiger partial charge on any atom is 0.306 e. The van der Waals surface area contributed by atoms with E-state index in [1.807, 2.05) is 19.1 Å². The van der Waals surface area contributed by atoms with Crippen LogP contribution in [0.2, 0.25) is 0 Å². The van der Waals surface area contributed by atoms with Crippen LogP contribution in [0.3, 0.4) is 0 Å². The van der Waals surface area contributed by atoms with Gasteiger partial charge in [-0.1, -0.05) is 25.1 Å². The largest absolute Gasteiger partial charge is 0.490 e. The van der Waals surface area contributed by atoms with Crippen molar-refractivity contribution in [2.75, 3.05) is 0 Å². The fourth-order valence-electron chi connectivity index (χ4n) is 3.08. The van der Waals surface area contributed by atoms with E-state index in [1.165, 1.54) is 6.92 Å². The van der Waals surface area contributed by atoms with Crippen LogP contribution >= 0.6 is 0 Å². The molecule has 0 saturated heterocycles. The van der Waals surface area contributed by atoms with E-state index in [-0.39, 0.29) is 24.7 Å². The summed E-state index contributed by atoms with van der Waals surface area (Å²) in [6.07, 6.45) is 0.902. The second-order valence-electron chi connectivity index (χ2n) is 6.66. The number of halogens is 2. The minimum Gasteiger partial charge on any atom is -0.490 e. The van der Waals surface area contributed by atoms with E-state index in [2.05, 4.69) is 0 Å². The summed E-state index contributed by atoms with van der Waals surface area (Å²) in [7, 11) is 0. The number of carboxylic acids is 1. The van der Waals surface area contributed by atoms with Crippen LogP contribution in [0.4, 0.5) is 8.78 Å². The highest BCUT2D eigenvalue weighted by molar-refractivity contribution is 5.69. The van der Waals surface area contributed by atoms with Crippen molar-refractivity contribution < 1.29 is 28.2 Å². The Morgan fingerprint density at radius 2 is 2.04 bits per heavy atom. The van der Waals surface area contributed by atoms with Crippen LogP contribution in [0.1, 0.15) is 30.5 Å². The third-order valence-electron chi connectivity index (χ3n) is 4.40. The molecule has 138 valence electrons. The molecule has 3 rings (SSSR count). The Morgan fingerprint density at radius 3 is 2.69 bits per heavy atom. The quantitative estimate of drug-likeness (QED) is 0.839. The number of para-hydroxylation sites is 1. The van der Waals surface area contributed by atoms with Crippen LogP contribution in [-0.2, 0) is 24.2 Å². The molecule has 4 nitrogen and oxygen atoms in total. The van der Waals surface area contributed by atoms with Gasteiger partial charge in [0.05, 0.1) is 5.92 Å². The van der Waals surface area contributed by atoms with Crippen LogP contribution in [0.25, 0.3) is 0 Å². The number of hydrogen-bond acceptors (Lipinski definition) is 3. The molecule has 2 atom stereocenters. The Balaban J connectivity index is 1.75. The highest BCUT2D eigenvalue weighted by atomic mass is 19.1. The van der Waals surface area contributed by atoms with Crippen molar-refractivity contribution in [3.05, 3.63) is 58.7 Å². The SMILES string of the molecule is CC1Cc2cccc(COc3c(F)cc(CC(C)C(=O)O)cc3F)c2O1. The van der Waals surface area contributed by atoms with Crippen molar-refractivity contribution in [1.29, 1.82) is 0 Å². The van der Waals surface area contributed by atoms with E-state index >= 15 is 0 Å². The second-order valence-corrected chi connectivity index (χ2v) is 6.66. The number of fused-ring (bicyclic) bond motifs is 1. The molecule has 0 saturated carbocycles. The maximum atomic E-state index is 14.3. The third-order valence-corrected chi connectivity index (χ3v) is 4.40. The third kappa shape index (κ3) is 3.79. The average Bonchev–Trinajstić information content (AvgIpc) is 2.94. The molecule has 1 N–H and O–H groups in total. The molecule has 0 fully saturated rings. The summed E-state index contributed by atoms with van der Waals surface area (Å²) >= 11 is 0. The van der Waals surface area contributed by atoms with E-state index in [4.69, 9.17) is 14.6 Å². The van der Waals surface area contributed by atoms with Gasteiger partial charge in [-0.05, 0) is 36.6 Å². The zero-order valence-corrected chi connectivity index (χ0v) is 14.6. The van der Waals surface area contributed by atoms with Crippen molar-refractivity contribution in [1.82, 2.24) is 0 Å². The summed E-state index contributed by atoms with van der Waals surface area (Å²) in [4.78, 5) is 10.9. The summed E-state index contributed by atoms with van der Waals surface area (Å²) in [5, 5.41) is 8.92. The van der Waals surface area contributed by atoms with Gasteiger partial charge in [-0.15, -0.1) is 0 Å². The van der Waals surface area contributed by atoms with Gasteiger partial charge in [0.2, 0.25) is 0 Å². The van der Waals surface area contributed by atoms with Gasteiger partial charge in [0.25, 0.3) is 0 Å². The standard InChI is InChI=1S/C20H20F2O4/c1-11(20(23)24)6-13-8-16(21)19(17(22)9-13)25-10-15-5-3-4-14-7-12(2)26-18(14)15/h3-5,8-9,11-12H,6-7,10H2,1-2H3,(H,23,24). The van der Waals surface area contributed by atoms with Gasteiger partial charge in [-0.2, -0.15) is 0 Å². The number of benzene rings is 2. The lowest BCUT2D eigenvalue weighted by Gasteiger charge is -2.13. The van der Waals surface area contributed by atoms with Gasteiger partial charge in [-0.3, -0.25) is 4.79 Å². The first-order valence-electron chi connectivity index (χ1n) is 8.46. The molecule has 1 aliphatic heterocycles. The number of rotatable bonds is 6. The lowest BCUT2D eigenvalue weighted by atomic mass is 10.0. The van der Waals surface area contributed by atoms with Crippen LogP contribution in [0, 0.1) is 17.6 Å². The van der Waals surface area contributed by atoms with Crippen molar-refractivity contribution in [2.45, 2.75) is 39.4 Å². The minimum absolute atomic E-state index is 0.0192. The van der Waals surface area contributed by atoms with Gasteiger partial charge in [0.15, 0.2) is 17.4 Å². The Labute approximate surface area is 150 Å². The van der Waals surface area contributed by atoms with E-state index in [9.17, 15) is 13.6 Å². The van der Waals surface area contributed by atoms with Gasteiger partial charge < -0.3 is 14.6 Å². The molecular formula is C20H20F2O4. The molecule has 6 heteroatoms. The molecule has 0 spiro atoms. The highest BCUT2D eigenvalue weighted by Crippen LogP contribution is 2.34. The minimum atomic E-state index is -1.02. The molecule has 0 aliphatic carbocycles. The molecular weight excluding hydrogens is 342 g/mol.